The molecule has 10 atom stereocenters. The summed E-state index contributed by atoms with van der Waals surface area (Å²) < 4.78 is 32.9. The Morgan fingerprint density at radius 2 is 1.10 bits per heavy atom. The number of carbonyl (C=O) groups is 5. The minimum Gasteiger partial charge on any atom is -0.466 e. The summed E-state index contributed by atoms with van der Waals surface area (Å²) in [5, 5.41) is 67.1. The van der Waals surface area contributed by atoms with E-state index in [1.54, 1.807) is 0 Å². The van der Waals surface area contributed by atoms with Gasteiger partial charge in [-0.1, -0.05) is 70.6 Å². The third kappa shape index (κ3) is 22.6. The fraction of sp³-hybridized carbons (Fsp3) is 0.884. The van der Waals surface area contributed by atoms with Crippen LogP contribution in [0.15, 0.2) is 0 Å². The van der Waals surface area contributed by atoms with Crippen LogP contribution in [0.5, 0.6) is 0 Å². The summed E-state index contributed by atoms with van der Waals surface area (Å²) in [5.41, 5.74) is 0. The van der Waals surface area contributed by atoms with Gasteiger partial charge in [-0.15, -0.1) is 0 Å². The van der Waals surface area contributed by atoms with E-state index in [1.165, 1.54) is 13.8 Å². The number of unbranched alkanes of at least 4 members (excludes halogenated alkanes) is 13. The predicted molar refractivity (Wildman–Crippen MR) is 225 cm³/mol. The van der Waals surface area contributed by atoms with Crippen LogP contribution in [-0.4, -0.2) is 186 Å². The molecule has 20 nitrogen and oxygen atoms in total. The molecule has 0 aromatic rings. The van der Waals surface area contributed by atoms with Crippen molar-refractivity contribution in [2.45, 2.75) is 184 Å². The Morgan fingerprint density at radius 3 is 1.63 bits per heavy atom. The molecule has 4 unspecified atom stereocenters. The molecule has 20 heteroatoms. The van der Waals surface area contributed by atoms with E-state index in [-0.39, 0.29) is 37.5 Å². The number of nitrogens with one attached hydrogen (secondary N) is 2. The number of aliphatic hydroxyl groups is 6. The molecule has 2 fully saturated rings. The third-order valence-electron chi connectivity index (χ3n) is 11.2. The number of rotatable bonds is 32. The van der Waals surface area contributed by atoms with Crippen LogP contribution in [0.2, 0.25) is 0 Å². The van der Waals surface area contributed by atoms with E-state index < -0.39 is 86.3 Å². The van der Waals surface area contributed by atoms with Crippen LogP contribution < -0.4 is 10.6 Å². The first kappa shape index (κ1) is 56.1. The van der Waals surface area contributed by atoms with Gasteiger partial charge < -0.3 is 74.2 Å². The first-order chi connectivity index (χ1) is 30.0. The molecule has 2 heterocycles. The Morgan fingerprint density at radius 1 is 0.571 bits per heavy atom. The summed E-state index contributed by atoms with van der Waals surface area (Å²) in [6.45, 7) is 2.98. The van der Waals surface area contributed by atoms with E-state index in [1.807, 2.05) is 14.1 Å². The number of nitrogens with zero attached hydrogens (tertiary/aromatic N) is 1. The standard InChI is InChI=1S/C43H77N3O17/c1-29(49)44-37-39(55)38(54)31(27-47)62-43(37)63-41-32(28-48)61-42(57)36(40(41)56)45-33(51)20-16-12-8-7-9-13-17-21-34(52)59-23-18-14-10-5-6-11-15-19-24-60-35(53)26-46(3,4)22-25-58-30(2)50/h31-32,36-43,47-48,54-57H,5-28H2,1-4H3,(H-,44,45,49,51)/p+1/t31?,32?,36-,37-,38+,39?,40?,41+,42+,43-/m1/s1. The van der Waals surface area contributed by atoms with Gasteiger partial charge in [0.15, 0.2) is 19.1 Å². The van der Waals surface area contributed by atoms with Gasteiger partial charge in [0.1, 0.15) is 61.9 Å². The molecule has 63 heavy (non-hydrogen) atoms. The van der Waals surface area contributed by atoms with Gasteiger partial charge in [-0.05, 0) is 25.7 Å². The van der Waals surface area contributed by atoms with Crippen molar-refractivity contribution in [3.05, 3.63) is 0 Å². The lowest BCUT2D eigenvalue weighted by atomic mass is 9.94. The summed E-state index contributed by atoms with van der Waals surface area (Å²) in [6.07, 6.45) is 2.18. The highest BCUT2D eigenvalue weighted by Gasteiger charge is 2.51. The highest BCUT2D eigenvalue weighted by molar-refractivity contribution is 5.76. The zero-order chi connectivity index (χ0) is 46.8. The average molecular weight is 909 g/mol. The van der Waals surface area contributed by atoms with Crippen molar-refractivity contribution in [2.75, 3.05) is 60.2 Å². The van der Waals surface area contributed by atoms with E-state index in [0.29, 0.717) is 37.1 Å². The number of esters is 3. The normalized spacial score (nSPS) is 26.1. The number of hydrogen-bond donors (Lipinski definition) is 8. The summed E-state index contributed by atoms with van der Waals surface area (Å²) in [6, 6.07) is -2.69. The number of likely N-dealkylation sites (N-methyl/N-ethyl adjacent to an activating group) is 1. The molecular formula is C43H78N3O17+. The van der Waals surface area contributed by atoms with Crippen LogP contribution in [-0.2, 0) is 52.4 Å². The molecule has 8 N–H and O–H groups in total. The molecule has 0 spiro atoms. The maximum absolute atomic E-state index is 12.8. The van der Waals surface area contributed by atoms with E-state index >= 15 is 0 Å². The third-order valence-corrected chi connectivity index (χ3v) is 11.2. The molecule has 2 amide bonds. The molecular weight excluding hydrogens is 830 g/mol. The zero-order valence-electron chi connectivity index (χ0n) is 37.9. The molecule has 0 aromatic heterocycles. The van der Waals surface area contributed by atoms with Gasteiger partial charge in [0.25, 0.3) is 0 Å². The molecule has 0 saturated carbocycles. The number of carbonyl (C=O) groups excluding carboxylic acids is 5. The topological polar surface area (TPSA) is 286 Å². The number of hydrogen-bond acceptors (Lipinski definition) is 17. The van der Waals surface area contributed by atoms with Gasteiger partial charge >= 0.3 is 17.9 Å². The summed E-state index contributed by atoms with van der Waals surface area (Å²) in [5.74, 6) is -1.81. The van der Waals surface area contributed by atoms with Crippen molar-refractivity contribution in [3.63, 3.8) is 0 Å². The highest BCUT2D eigenvalue weighted by Crippen LogP contribution is 2.29. The number of quaternary nitrogens is 1. The van der Waals surface area contributed by atoms with E-state index in [9.17, 15) is 54.6 Å². The van der Waals surface area contributed by atoms with E-state index in [4.69, 9.17) is 28.4 Å². The molecule has 0 bridgehead atoms. The van der Waals surface area contributed by atoms with Crippen molar-refractivity contribution in [1.82, 2.24) is 10.6 Å². The highest BCUT2D eigenvalue weighted by atomic mass is 16.7. The largest absolute Gasteiger partial charge is 0.466 e. The first-order valence-corrected chi connectivity index (χ1v) is 22.7. The van der Waals surface area contributed by atoms with Gasteiger partial charge in [0.05, 0.1) is 40.5 Å². The monoisotopic (exact) mass is 909 g/mol. The quantitative estimate of drug-likeness (QED) is 0.0194. The molecule has 2 aliphatic rings. The fourth-order valence-electron chi connectivity index (χ4n) is 7.46. The molecule has 2 aliphatic heterocycles. The molecule has 0 aliphatic carbocycles. The van der Waals surface area contributed by atoms with Crippen molar-refractivity contribution < 1.29 is 87.5 Å². The number of amides is 2. The Hall–Kier alpha value is -3.05. The maximum atomic E-state index is 12.8. The molecule has 0 aromatic carbocycles. The molecule has 0 radical (unpaired) electrons. The second-order valence-electron chi connectivity index (χ2n) is 17.3. The molecule has 366 valence electrons. The molecule has 2 rings (SSSR count). The fourth-order valence-corrected chi connectivity index (χ4v) is 7.46. The second kappa shape index (κ2) is 31.0. The van der Waals surface area contributed by atoms with Gasteiger partial charge in [-0.25, -0.2) is 4.79 Å². The lowest BCUT2D eigenvalue weighted by Gasteiger charge is -2.47. The Kier molecular flexibility index (Phi) is 27.6. The number of ether oxygens (including phenoxy) is 6. The first-order valence-electron chi connectivity index (χ1n) is 22.7. The Balaban J connectivity index is 1.49. The lowest BCUT2D eigenvalue weighted by molar-refractivity contribution is -0.883. The van der Waals surface area contributed by atoms with Gasteiger partial charge in [-0.2, -0.15) is 0 Å². The van der Waals surface area contributed by atoms with Gasteiger partial charge in [0.2, 0.25) is 11.8 Å². The summed E-state index contributed by atoms with van der Waals surface area (Å²) in [7, 11) is 3.79. The van der Waals surface area contributed by atoms with E-state index in [0.717, 1.165) is 89.9 Å². The van der Waals surface area contributed by atoms with Crippen LogP contribution in [0, 0.1) is 0 Å². The van der Waals surface area contributed by atoms with E-state index in [2.05, 4.69) is 10.6 Å². The van der Waals surface area contributed by atoms with Crippen molar-refractivity contribution in [2.24, 2.45) is 0 Å². The summed E-state index contributed by atoms with van der Waals surface area (Å²) in [4.78, 5) is 59.7. The van der Waals surface area contributed by atoms with Crippen molar-refractivity contribution in [3.8, 4) is 0 Å². The SMILES string of the molecule is CC(=O)N[C@@H]1C(O)[C@@H](O)C(CO)O[C@@H]1O[C@H]1C(CO)O[C@H](O)[C@H](NC(=O)CCCCCCCCCC(=O)OCCCCCCCCCCOC(=O)C[N+](C)(C)CCOC(C)=O)C1O. The van der Waals surface area contributed by atoms with Crippen molar-refractivity contribution >= 4 is 29.7 Å². The summed E-state index contributed by atoms with van der Waals surface area (Å²) >= 11 is 0. The van der Waals surface area contributed by atoms with Gasteiger partial charge in [0, 0.05) is 26.7 Å². The van der Waals surface area contributed by atoms with Gasteiger partial charge in [-0.3, -0.25) is 19.2 Å². The molecule has 2 saturated heterocycles. The van der Waals surface area contributed by atoms with Crippen LogP contribution in [0.25, 0.3) is 0 Å². The minimum atomic E-state index is -1.70. The second-order valence-corrected chi connectivity index (χ2v) is 17.3. The Labute approximate surface area is 371 Å². The van der Waals surface area contributed by atoms with Crippen LogP contribution >= 0.6 is 0 Å². The Bertz CT molecular complexity index is 1340. The van der Waals surface area contributed by atoms with Crippen LogP contribution in [0.4, 0.5) is 0 Å². The van der Waals surface area contributed by atoms with Crippen LogP contribution in [0.3, 0.4) is 0 Å². The maximum Gasteiger partial charge on any atom is 0.361 e. The smallest absolute Gasteiger partial charge is 0.361 e. The predicted octanol–water partition coefficient (Wildman–Crippen LogP) is 0.228. The zero-order valence-corrected chi connectivity index (χ0v) is 37.9. The minimum absolute atomic E-state index is 0.109. The lowest BCUT2D eigenvalue weighted by Crippen LogP contribution is -2.69. The number of aliphatic hydroxyl groups excluding tert-OH is 6. The average Bonchev–Trinajstić information content (AvgIpc) is 3.21. The van der Waals surface area contributed by atoms with Crippen molar-refractivity contribution in [1.29, 1.82) is 0 Å². The van der Waals surface area contributed by atoms with Crippen LogP contribution in [0.1, 0.15) is 123 Å².